The molecule has 0 aromatic heterocycles. The summed E-state index contributed by atoms with van der Waals surface area (Å²) in [6.45, 7) is 6.21. The maximum Gasteiger partial charge on any atom is 0.219 e. The molecule has 19 heavy (non-hydrogen) atoms. The number of nitrogens with one attached hydrogen (secondary N) is 1. The predicted molar refractivity (Wildman–Crippen MR) is 74.0 cm³/mol. The number of hydrogen-bond acceptors (Lipinski definition) is 6. The van der Waals surface area contributed by atoms with Gasteiger partial charge in [-0.3, -0.25) is 19.8 Å². The van der Waals surface area contributed by atoms with Crippen LogP contribution in [-0.2, 0) is 4.79 Å². The van der Waals surface area contributed by atoms with Gasteiger partial charge in [0.2, 0.25) is 5.91 Å². The van der Waals surface area contributed by atoms with Gasteiger partial charge in [-0.25, -0.2) is 0 Å². The molecule has 1 heterocycles. The van der Waals surface area contributed by atoms with Gasteiger partial charge < -0.3 is 10.2 Å². The van der Waals surface area contributed by atoms with Gasteiger partial charge in [0.25, 0.3) is 0 Å². The largest absolute Gasteiger partial charge is 0.404 e. The molecule has 8 heteroatoms. The Kier molecular flexibility index (Phi) is 6.65. The van der Waals surface area contributed by atoms with Gasteiger partial charge in [0.05, 0.1) is 0 Å². The van der Waals surface area contributed by atoms with Crippen molar-refractivity contribution in [1.29, 1.82) is 0 Å². The second-order valence-corrected chi connectivity index (χ2v) is 4.99. The van der Waals surface area contributed by atoms with Crippen molar-refractivity contribution in [3.63, 3.8) is 0 Å². The first-order valence-corrected chi connectivity index (χ1v) is 7.29. The van der Waals surface area contributed by atoms with Crippen molar-refractivity contribution in [2.75, 3.05) is 45.5 Å². The summed E-state index contributed by atoms with van der Waals surface area (Å²) >= 11 is 1.27. The highest BCUT2D eigenvalue weighted by Gasteiger charge is 2.17. The molecule has 1 aliphatic heterocycles. The average Bonchev–Trinajstić information content (AvgIpc) is 2.37. The number of rotatable bonds is 6. The molecule has 1 fully saturated rings. The lowest BCUT2D eigenvalue weighted by Gasteiger charge is -2.34. The molecular weight excluding hydrogens is 268 g/mol. The van der Waals surface area contributed by atoms with Crippen LogP contribution in [0.5, 0.6) is 0 Å². The number of nitro groups is 1. The molecule has 1 amide bonds. The zero-order chi connectivity index (χ0) is 14.3. The van der Waals surface area contributed by atoms with E-state index in [-0.39, 0.29) is 5.91 Å². The molecule has 1 rings (SSSR count). The zero-order valence-corrected chi connectivity index (χ0v) is 12.0. The Bertz CT molecular complexity index is 354. The molecule has 0 aromatic carbocycles. The number of piperazine rings is 1. The molecule has 1 saturated heterocycles. The molecular formula is C11H19N4O3S-. The van der Waals surface area contributed by atoms with Crippen LogP contribution in [0.3, 0.4) is 0 Å². The number of hydrogen-bond donors (Lipinski definition) is 1. The van der Waals surface area contributed by atoms with E-state index >= 15 is 0 Å². The fraction of sp³-hybridized carbons (Fsp3) is 0.727. The van der Waals surface area contributed by atoms with Crippen molar-refractivity contribution in [2.24, 2.45) is 0 Å². The predicted octanol–water partition coefficient (Wildman–Crippen LogP) is -0.0181. The fourth-order valence-corrected chi connectivity index (χ4v) is 2.27. The zero-order valence-electron chi connectivity index (χ0n) is 11.2. The lowest BCUT2D eigenvalue weighted by molar-refractivity contribution is -0.420. The summed E-state index contributed by atoms with van der Waals surface area (Å²) in [6, 6.07) is 0. The Hall–Kier alpha value is -1.28. The van der Waals surface area contributed by atoms with Crippen molar-refractivity contribution in [2.45, 2.75) is 6.92 Å². The smallest absolute Gasteiger partial charge is 0.219 e. The highest BCUT2D eigenvalue weighted by molar-refractivity contribution is 8.02. The average molecular weight is 287 g/mol. The third-order valence-electron chi connectivity index (χ3n) is 2.93. The number of thioether (sulfide) groups is 1. The van der Waals surface area contributed by atoms with E-state index in [1.165, 1.54) is 11.8 Å². The first-order chi connectivity index (χ1) is 9.02. The van der Waals surface area contributed by atoms with E-state index in [1.807, 2.05) is 4.90 Å². The van der Waals surface area contributed by atoms with Gasteiger partial charge in [-0.2, -0.15) is 0 Å². The lowest BCUT2D eigenvalue weighted by Crippen LogP contribution is -2.49. The third-order valence-corrected chi connectivity index (χ3v) is 3.57. The third kappa shape index (κ3) is 5.93. The summed E-state index contributed by atoms with van der Waals surface area (Å²) in [4.78, 5) is 25.0. The minimum atomic E-state index is -0.579. The van der Waals surface area contributed by atoms with Gasteiger partial charge in [-0.05, 0) is 11.3 Å². The van der Waals surface area contributed by atoms with Crippen LogP contribution >= 0.6 is 11.8 Å². The van der Waals surface area contributed by atoms with Crippen molar-refractivity contribution < 1.29 is 9.72 Å². The topological polar surface area (TPSA) is 78.7 Å². The van der Waals surface area contributed by atoms with Crippen LogP contribution in [0.4, 0.5) is 0 Å². The van der Waals surface area contributed by atoms with E-state index < -0.39 is 4.92 Å². The van der Waals surface area contributed by atoms with Crippen molar-refractivity contribution in [3.05, 3.63) is 21.3 Å². The van der Waals surface area contributed by atoms with Gasteiger partial charge in [0.15, 0.2) is 0 Å². The molecule has 0 aromatic rings. The number of carbonyl (C=O) groups excluding carboxylic acids is 1. The van der Waals surface area contributed by atoms with Crippen LogP contribution in [0.2, 0.25) is 0 Å². The summed E-state index contributed by atoms with van der Waals surface area (Å²) in [5.41, 5.74) is 0. The Morgan fingerprint density at radius 3 is 2.53 bits per heavy atom. The summed E-state index contributed by atoms with van der Waals surface area (Å²) < 4.78 is 0. The summed E-state index contributed by atoms with van der Waals surface area (Å²) in [5, 5.41) is 13.7. The van der Waals surface area contributed by atoms with Crippen LogP contribution in [0, 0.1) is 16.3 Å². The molecule has 108 valence electrons. The molecule has 0 saturated carbocycles. The fourth-order valence-electron chi connectivity index (χ4n) is 1.85. The molecule has 0 bridgehead atoms. The maximum atomic E-state index is 11.2. The quantitative estimate of drug-likeness (QED) is 0.320. The molecule has 0 aliphatic carbocycles. The van der Waals surface area contributed by atoms with Crippen LogP contribution in [0.15, 0.2) is 5.03 Å². The first kappa shape index (κ1) is 15.8. The normalized spacial score (nSPS) is 17.4. The van der Waals surface area contributed by atoms with E-state index in [9.17, 15) is 14.9 Å². The Balaban J connectivity index is 2.24. The SMILES string of the molecule is CSC(=[C-][N+](=O)[O-])NCCN1CCN(C(C)=O)CC1. The molecule has 0 spiro atoms. The monoisotopic (exact) mass is 287 g/mol. The van der Waals surface area contributed by atoms with Gasteiger partial charge in [0, 0.05) is 46.2 Å². The van der Waals surface area contributed by atoms with E-state index in [1.54, 1.807) is 13.2 Å². The molecule has 0 radical (unpaired) electrons. The van der Waals surface area contributed by atoms with Gasteiger partial charge >= 0.3 is 0 Å². The maximum absolute atomic E-state index is 11.2. The van der Waals surface area contributed by atoms with Crippen LogP contribution < -0.4 is 5.32 Å². The Morgan fingerprint density at radius 1 is 1.42 bits per heavy atom. The van der Waals surface area contributed by atoms with Crippen LogP contribution in [0.1, 0.15) is 6.92 Å². The molecule has 1 N–H and O–H groups in total. The highest BCUT2D eigenvalue weighted by Crippen LogP contribution is 2.06. The lowest BCUT2D eigenvalue weighted by atomic mass is 10.3. The van der Waals surface area contributed by atoms with Crippen LogP contribution in [-0.4, -0.2) is 66.2 Å². The van der Waals surface area contributed by atoms with Gasteiger partial charge in [-0.1, -0.05) is 6.20 Å². The second kappa shape index (κ2) is 8.00. The van der Waals surface area contributed by atoms with E-state index in [0.29, 0.717) is 11.6 Å². The van der Waals surface area contributed by atoms with Crippen molar-refractivity contribution in [1.82, 2.24) is 15.1 Å². The Labute approximate surface area is 117 Å². The summed E-state index contributed by atoms with van der Waals surface area (Å²) in [6.07, 6.45) is 3.88. The molecule has 7 nitrogen and oxygen atoms in total. The van der Waals surface area contributed by atoms with Crippen LogP contribution in [0.25, 0.3) is 0 Å². The molecule has 0 atom stereocenters. The van der Waals surface area contributed by atoms with Crippen molar-refractivity contribution in [3.8, 4) is 0 Å². The second-order valence-electron chi connectivity index (χ2n) is 4.18. The standard InChI is InChI=1S/C11H19N4O3S/c1-10(16)14-7-5-13(6-8-14)4-3-12-11(19-2)9-15(17)18/h12H,3-8H2,1-2H3/q-1. The van der Waals surface area contributed by atoms with Gasteiger partial charge in [0.1, 0.15) is 0 Å². The number of nitrogens with zero attached hydrogens (tertiary/aromatic N) is 3. The number of amides is 1. The summed E-state index contributed by atoms with van der Waals surface area (Å²) in [7, 11) is 0. The van der Waals surface area contributed by atoms with E-state index in [0.717, 1.165) is 32.7 Å². The number of carbonyl (C=O) groups is 1. The van der Waals surface area contributed by atoms with Crippen molar-refractivity contribution >= 4 is 17.7 Å². The summed E-state index contributed by atoms with van der Waals surface area (Å²) in [5.74, 6) is 0.117. The minimum absolute atomic E-state index is 0.117. The van der Waals surface area contributed by atoms with Gasteiger partial charge in [-0.15, -0.1) is 16.7 Å². The Morgan fingerprint density at radius 2 is 2.05 bits per heavy atom. The first-order valence-electron chi connectivity index (χ1n) is 6.06. The highest BCUT2D eigenvalue weighted by atomic mass is 32.2. The van der Waals surface area contributed by atoms with E-state index in [2.05, 4.69) is 16.4 Å². The molecule has 0 unspecified atom stereocenters. The van der Waals surface area contributed by atoms with E-state index in [4.69, 9.17) is 0 Å². The minimum Gasteiger partial charge on any atom is -0.404 e. The molecule has 1 aliphatic rings.